The second kappa shape index (κ2) is 7.25. The van der Waals surface area contributed by atoms with Crippen molar-refractivity contribution in [3.05, 3.63) is 60.2 Å². The van der Waals surface area contributed by atoms with E-state index in [4.69, 9.17) is 0 Å². The molecule has 0 aliphatic rings. The van der Waals surface area contributed by atoms with E-state index in [0.29, 0.717) is 6.04 Å². The largest absolute Gasteiger partial charge is 0.310 e. The molecule has 2 atom stereocenters. The fourth-order valence-electron chi connectivity index (χ4n) is 2.28. The third-order valence-electron chi connectivity index (χ3n) is 4.19. The second-order valence-electron chi connectivity index (χ2n) is 5.62. The monoisotopic (exact) mass is 267 g/mol. The highest BCUT2D eigenvalue weighted by Gasteiger charge is 2.08. The third-order valence-corrected chi connectivity index (χ3v) is 4.19. The highest BCUT2D eigenvalue weighted by molar-refractivity contribution is 5.63. The molecule has 0 aliphatic heterocycles. The van der Waals surface area contributed by atoms with Crippen molar-refractivity contribution in [3.63, 3.8) is 0 Å². The van der Waals surface area contributed by atoms with E-state index in [1.54, 1.807) is 0 Å². The summed E-state index contributed by atoms with van der Waals surface area (Å²) in [7, 11) is 0. The van der Waals surface area contributed by atoms with Crippen LogP contribution >= 0.6 is 0 Å². The van der Waals surface area contributed by atoms with Crippen molar-refractivity contribution in [2.45, 2.75) is 39.8 Å². The van der Waals surface area contributed by atoms with Crippen LogP contribution < -0.4 is 5.32 Å². The van der Waals surface area contributed by atoms with E-state index in [2.05, 4.69) is 80.7 Å². The molecule has 2 aromatic carbocycles. The summed E-state index contributed by atoms with van der Waals surface area (Å²) in [5.41, 5.74) is 3.91. The summed E-state index contributed by atoms with van der Waals surface area (Å²) in [5.74, 6) is 0.721. The molecule has 0 fully saturated rings. The van der Waals surface area contributed by atoms with Gasteiger partial charge in [0, 0.05) is 12.6 Å². The lowest BCUT2D eigenvalue weighted by atomic mass is 10.0. The highest BCUT2D eigenvalue weighted by atomic mass is 14.9. The van der Waals surface area contributed by atoms with Crippen LogP contribution in [0.2, 0.25) is 0 Å². The van der Waals surface area contributed by atoms with E-state index in [-0.39, 0.29) is 0 Å². The molecule has 0 bridgehead atoms. The Hall–Kier alpha value is -1.60. The predicted octanol–water partition coefficient (Wildman–Crippen LogP) is 4.88. The minimum absolute atomic E-state index is 0.564. The molecule has 0 saturated carbocycles. The SMILES string of the molecule is CCC(C)C(C)NCc1ccc(-c2ccccc2)cc1. The van der Waals surface area contributed by atoms with Gasteiger partial charge in [0.25, 0.3) is 0 Å². The zero-order chi connectivity index (χ0) is 14.4. The van der Waals surface area contributed by atoms with Gasteiger partial charge in [-0.1, -0.05) is 74.9 Å². The van der Waals surface area contributed by atoms with Crippen LogP contribution in [-0.2, 0) is 6.54 Å². The molecule has 0 aromatic heterocycles. The molecule has 0 amide bonds. The van der Waals surface area contributed by atoms with Gasteiger partial charge in [0.15, 0.2) is 0 Å². The minimum atomic E-state index is 0.564. The summed E-state index contributed by atoms with van der Waals surface area (Å²) in [5, 5.41) is 3.61. The lowest BCUT2D eigenvalue weighted by molar-refractivity contribution is 0.389. The Kier molecular flexibility index (Phi) is 5.37. The van der Waals surface area contributed by atoms with E-state index in [1.807, 2.05) is 0 Å². The van der Waals surface area contributed by atoms with E-state index >= 15 is 0 Å². The summed E-state index contributed by atoms with van der Waals surface area (Å²) < 4.78 is 0. The van der Waals surface area contributed by atoms with Crippen molar-refractivity contribution < 1.29 is 0 Å². The highest BCUT2D eigenvalue weighted by Crippen LogP contribution is 2.19. The van der Waals surface area contributed by atoms with Crippen molar-refractivity contribution in [2.24, 2.45) is 5.92 Å². The van der Waals surface area contributed by atoms with Crippen molar-refractivity contribution in [3.8, 4) is 11.1 Å². The van der Waals surface area contributed by atoms with Gasteiger partial charge < -0.3 is 5.32 Å². The molecule has 1 heteroatoms. The van der Waals surface area contributed by atoms with Gasteiger partial charge in [-0.05, 0) is 29.5 Å². The van der Waals surface area contributed by atoms with Gasteiger partial charge in [-0.3, -0.25) is 0 Å². The normalized spacial score (nSPS) is 13.9. The molecule has 106 valence electrons. The fourth-order valence-corrected chi connectivity index (χ4v) is 2.28. The molecular formula is C19H25N. The summed E-state index contributed by atoms with van der Waals surface area (Å²) in [4.78, 5) is 0. The zero-order valence-corrected chi connectivity index (χ0v) is 12.8. The Morgan fingerprint density at radius 3 is 2.05 bits per heavy atom. The summed E-state index contributed by atoms with van der Waals surface area (Å²) in [6, 6.07) is 19.9. The lowest BCUT2D eigenvalue weighted by Crippen LogP contribution is -2.31. The molecule has 2 aromatic rings. The van der Waals surface area contributed by atoms with Gasteiger partial charge in [0.05, 0.1) is 0 Å². The van der Waals surface area contributed by atoms with Crippen molar-refractivity contribution in [2.75, 3.05) is 0 Å². The molecule has 1 nitrogen and oxygen atoms in total. The molecule has 2 unspecified atom stereocenters. The van der Waals surface area contributed by atoms with Gasteiger partial charge in [-0.25, -0.2) is 0 Å². The lowest BCUT2D eigenvalue weighted by Gasteiger charge is -2.20. The minimum Gasteiger partial charge on any atom is -0.310 e. The van der Waals surface area contributed by atoms with Crippen LogP contribution in [0, 0.1) is 5.92 Å². The summed E-state index contributed by atoms with van der Waals surface area (Å²) in [6.45, 7) is 7.76. The quantitative estimate of drug-likeness (QED) is 0.786. The number of nitrogens with one attached hydrogen (secondary N) is 1. The van der Waals surface area contributed by atoms with Crippen LogP contribution in [0.15, 0.2) is 54.6 Å². The van der Waals surface area contributed by atoms with Crippen molar-refractivity contribution >= 4 is 0 Å². The van der Waals surface area contributed by atoms with Gasteiger partial charge in [0.1, 0.15) is 0 Å². The molecular weight excluding hydrogens is 242 g/mol. The van der Waals surface area contributed by atoms with E-state index < -0.39 is 0 Å². The first-order valence-electron chi connectivity index (χ1n) is 7.58. The summed E-state index contributed by atoms with van der Waals surface area (Å²) in [6.07, 6.45) is 1.22. The molecule has 0 heterocycles. The van der Waals surface area contributed by atoms with Crippen LogP contribution in [0.5, 0.6) is 0 Å². The molecule has 1 N–H and O–H groups in total. The average molecular weight is 267 g/mol. The molecule has 0 aliphatic carbocycles. The number of hydrogen-bond donors (Lipinski definition) is 1. The topological polar surface area (TPSA) is 12.0 Å². The second-order valence-corrected chi connectivity index (χ2v) is 5.62. The Morgan fingerprint density at radius 1 is 0.850 bits per heavy atom. The van der Waals surface area contributed by atoms with Gasteiger partial charge in [-0.15, -0.1) is 0 Å². The Bertz CT molecular complexity index is 501. The fraction of sp³-hybridized carbons (Fsp3) is 0.368. The smallest absolute Gasteiger partial charge is 0.0208 e. The van der Waals surface area contributed by atoms with Gasteiger partial charge >= 0.3 is 0 Å². The van der Waals surface area contributed by atoms with Crippen LogP contribution in [-0.4, -0.2) is 6.04 Å². The van der Waals surface area contributed by atoms with E-state index in [0.717, 1.165) is 12.5 Å². The van der Waals surface area contributed by atoms with E-state index in [9.17, 15) is 0 Å². The average Bonchev–Trinajstić information content (AvgIpc) is 2.53. The maximum atomic E-state index is 3.61. The number of benzene rings is 2. The zero-order valence-electron chi connectivity index (χ0n) is 12.8. The van der Waals surface area contributed by atoms with Crippen molar-refractivity contribution in [1.82, 2.24) is 5.32 Å². The molecule has 0 radical (unpaired) electrons. The van der Waals surface area contributed by atoms with Crippen LogP contribution in [0.4, 0.5) is 0 Å². The number of hydrogen-bond acceptors (Lipinski definition) is 1. The van der Waals surface area contributed by atoms with Gasteiger partial charge in [-0.2, -0.15) is 0 Å². The van der Waals surface area contributed by atoms with Crippen LogP contribution in [0.25, 0.3) is 11.1 Å². The molecule has 0 saturated heterocycles. The summed E-state index contributed by atoms with van der Waals surface area (Å²) >= 11 is 0. The first-order valence-corrected chi connectivity index (χ1v) is 7.58. The molecule has 0 spiro atoms. The maximum Gasteiger partial charge on any atom is 0.0208 e. The molecule has 20 heavy (non-hydrogen) atoms. The standard InChI is InChI=1S/C19H25N/c1-4-15(2)16(3)20-14-17-10-12-19(13-11-17)18-8-6-5-7-9-18/h5-13,15-16,20H,4,14H2,1-3H3. The van der Waals surface area contributed by atoms with Crippen LogP contribution in [0.1, 0.15) is 32.8 Å². The third kappa shape index (κ3) is 3.94. The Morgan fingerprint density at radius 2 is 1.45 bits per heavy atom. The first kappa shape index (κ1) is 14.8. The Labute approximate surface area is 123 Å². The maximum absolute atomic E-state index is 3.61. The first-order chi connectivity index (χ1) is 9.70. The predicted molar refractivity (Wildman–Crippen MR) is 87.6 cm³/mol. The Balaban J connectivity index is 1.95. The van der Waals surface area contributed by atoms with Crippen LogP contribution in [0.3, 0.4) is 0 Å². The molecule has 2 rings (SSSR count). The van der Waals surface area contributed by atoms with E-state index in [1.165, 1.54) is 23.1 Å². The van der Waals surface area contributed by atoms with Crippen molar-refractivity contribution in [1.29, 1.82) is 0 Å². The number of rotatable bonds is 6. The van der Waals surface area contributed by atoms with Gasteiger partial charge in [0.2, 0.25) is 0 Å².